The van der Waals surface area contributed by atoms with Crippen molar-refractivity contribution in [3.63, 3.8) is 0 Å². The highest BCUT2D eigenvalue weighted by atomic mass is 16.3. The van der Waals surface area contributed by atoms with Crippen LogP contribution >= 0.6 is 0 Å². The molecule has 2 aromatic carbocycles. The van der Waals surface area contributed by atoms with Crippen molar-refractivity contribution >= 4 is 29.1 Å². The van der Waals surface area contributed by atoms with Gasteiger partial charge in [-0.1, -0.05) is 38.5 Å². The maximum absolute atomic E-state index is 14.1. The lowest BCUT2D eigenvalue weighted by molar-refractivity contribution is -0.153. The number of ketones is 2. The fourth-order valence-electron chi connectivity index (χ4n) is 7.58. The number of rotatable bonds is 11. The normalized spacial score (nSPS) is 23.7. The lowest BCUT2D eigenvalue weighted by Gasteiger charge is -2.50. The number of phenolic OH excluding ortho intramolecular Hbond substituents is 1. The summed E-state index contributed by atoms with van der Waals surface area (Å²) in [6, 6.07) is 8.88. The minimum absolute atomic E-state index is 0.00891. The molecule has 0 spiro atoms. The monoisotopic (exact) mass is 660 g/mol. The number of benzene rings is 2. The third-order valence-electron chi connectivity index (χ3n) is 10.0. The molecule has 1 saturated carbocycles. The van der Waals surface area contributed by atoms with E-state index in [2.05, 4.69) is 24.1 Å². The maximum Gasteiger partial charge on any atom is 0.255 e. The van der Waals surface area contributed by atoms with E-state index in [1.807, 2.05) is 6.07 Å². The van der Waals surface area contributed by atoms with Gasteiger partial charge in [-0.05, 0) is 87.3 Å². The number of likely N-dealkylation sites (N-methyl/N-ethyl adjacent to an activating group) is 2. The molecule has 12 nitrogen and oxygen atoms in total. The molecule has 2 amide bonds. The Morgan fingerprint density at radius 2 is 1.79 bits per heavy atom. The van der Waals surface area contributed by atoms with Crippen LogP contribution in [0.4, 0.5) is 0 Å². The molecule has 0 unspecified atom stereocenters. The van der Waals surface area contributed by atoms with Crippen molar-refractivity contribution < 1.29 is 39.6 Å². The fourth-order valence-corrected chi connectivity index (χ4v) is 7.58. The molecule has 0 heterocycles. The molecular weight excluding hydrogens is 616 g/mol. The summed E-state index contributed by atoms with van der Waals surface area (Å²) >= 11 is 0. The van der Waals surface area contributed by atoms with E-state index in [-0.39, 0.29) is 35.6 Å². The number of hydrogen-bond donors (Lipinski definition) is 6. The van der Waals surface area contributed by atoms with Crippen LogP contribution in [0.3, 0.4) is 0 Å². The second-order valence-corrected chi connectivity index (χ2v) is 13.1. The number of carbonyl (C=O) groups is 4. The van der Waals surface area contributed by atoms with Crippen LogP contribution in [-0.4, -0.2) is 106 Å². The number of hydrogen-bond acceptors (Lipinski definition) is 10. The number of aromatic hydroxyl groups is 1. The molecule has 256 valence electrons. The predicted molar refractivity (Wildman–Crippen MR) is 179 cm³/mol. The van der Waals surface area contributed by atoms with Crippen LogP contribution in [0.5, 0.6) is 5.75 Å². The van der Waals surface area contributed by atoms with Gasteiger partial charge in [-0.25, -0.2) is 0 Å². The second-order valence-electron chi connectivity index (χ2n) is 13.1. The first kappa shape index (κ1) is 34.8. The SMILES string of the molecule is CCCCN(CC)CCNC(=O)c1cccc(-c2ccc(O)c3c2C[C@H]2C[C@H]4[C@H](N(C)C)C(=O)C(C(N)=O)=C(O)[C@@]4(O)C(=O)C2=C3O)c1. The highest BCUT2D eigenvalue weighted by Crippen LogP contribution is 2.53. The molecule has 4 atom stereocenters. The molecule has 0 aliphatic heterocycles. The first-order chi connectivity index (χ1) is 22.8. The minimum Gasteiger partial charge on any atom is -0.508 e. The van der Waals surface area contributed by atoms with Gasteiger partial charge in [0.1, 0.15) is 22.8 Å². The van der Waals surface area contributed by atoms with Gasteiger partial charge < -0.3 is 36.4 Å². The summed E-state index contributed by atoms with van der Waals surface area (Å²) in [7, 11) is 3.11. The van der Waals surface area contributed by atoms with Crippen LogP contribution in [0.1, 0.15) is 54.6 Å². The maximum atomic E-state index is 14.1. The van der Waals surface area contributed by atoms with Gasteiger partial charge in [-0.3, -0.25) is 24.1 Å². The van der Waals surface area contributed by atoms with Gasteiger partial charge in [-0.2, -0.15) is 0 Å². The number of nitrogens with two attached hydrogens (primary N) is 1. The van der Waals surface area contributed by atoms with Gasteiger partial charge in [0.05, 0.1) is 11.6 Å². The molecule has 12 heteroatoms. The summed E-state index contributed by atoms with van der Waals surface area (Å²) < 4.78 is 0. The van der Waals surface area contributed by atoms with Crippen molar-refractivity contribution in [3.8, 4) is 16.9 Å². The van der Waals surface area contributed by atoms with E-state index in [1.165, 1.54) is 11.0 Å². The molecule has 3 aliphatic rings. The molecule has 0 aromatic heterocycles. The molecular formula is C36H44N4O8. The van der Waals surface area contributed by atoms with E-state index in [0.717, 1.165) is 32.5 Å². The Kier molecular flexibility index (Phi) is 9.82. The van der Waals surface area contributed by atoms with Crippen molar-refractivity contribution in [1.29, 1.82) is 0 Å². The largest absolute Gasteiger partial charge is 0.508 e. The van der Waals surface area contributed by atoms with Gasteiger partial charge in [0.25, 0.3) is 11.8 Å². The fraction of sp³-hybridized carbons (Fsp3) is 0.444. The standard InChI is InChI=1S/C36H44N4O8/c1-5-7-14-40(6-2)15-13-38-35(47)20-10-8-9-19(16-20)22-11-12-25(41)27-23(22)17-21-18-24-29(39(3)4)31(43)28(34(37)46)33(45)36(24,48)32(44)26(21)30(27)42/h8-12,16,21,24,29,41-42,45,48H,5-7,13-15,17-18H2,1-4H3,(H2,37,46)(H,38,47)/t21-,24-,29-,36-/m0/s1. The first-order valence-corrected chi connectivity index (χ1v) is 16.4. The number of primary amides is 1. The smallest absolute Gasteiger partial charge is 0.255 e. The van der Waals surface area contributed by atoms with Gasteiger partial charge >= 0.3 is 0 Å². The van der Waals surface area contributed by atoms with E-state index in [9.17, 15) is 39.6 Å². The van der Waals surface area contributed by atoms with Gasteiger partial charge in [-0.15, -0.1) is 0 Å². The predicted octanol–water partition coefficient (Wildman–Crippen LogP) is 2.48. The number of aliphatic hydroxyl groups excluding tert-OH is 2. The molecule has 5 rings (SSSR count). The number of fused-ring (bicyclic) bond motifs is 3. The molecule has 1 fully saturated rings. The van der Waals surface area contributed by atoms with E-state index < -0.39 is 58.0 Å². The Morgan fingerprint density at radius 1 is 1.06 bits per heavy atom. The van der Waals surface area contributed by atoms with Gasteiger partial charge in [0.15, 0.2) is 11.4 Å². The van der Waals surface area contributed by atoms with E-state index >= 15 is 0 Å². The molecule has 3 aliphatic carbocycles. The number of unbranched alkanes of at least 4 members (excludes halogenated alkanes) is 1. The summed E-state index contributed by atoms with van der Waals surface area (Å²) in [6.07, 6.45) is 2.31. The van der Waals surface area contributed by atoms with Crippen molar-refractivity contribution in [2.24, 2.45) is 17.6 Å². The Labute approximate surface area is 279 Å². The van der Waals surface area contributed by atoms with Crippen LogP contribution in [0.2, 0.25) is 0 Å². The lowest BCUT2D eigenvalue weighted by Crippen LogP contribution is -2.65. The zero-order valence-electron chi connectivity index (χ0n) is 27.7. The quantitative estimate of drug-likeness (QED) is 0.195. The molecule has 48 heavy (non-hydrogen) atoms. The highest BCUT2D eigenvalue weighted by Gasteiger charge is 2.64. The zero-order valence-corrected chi connectivity index (χ0v) is 27.7. The molecule has 0 radical (unpaired) electrons. The zero-order chi connectivity index (χ0) is 35.1. The van der Waals surface area contributed by atoms with Crippen molar-refractivity contribution in [2.75, 3.05) is 40.3 Å². The number of phenols is 1. The second kappa shape index (κ2) is 13.5. The topological polar surface area (TPSA) is 194 Å². The van der Waals surface area contributed by atoms with E-state index in [4.69, 9.17) is 5.73 Å². The van der Waals surface area contributed by atoms with Crippen LogP contribution < -0.4 is 11.1 Å². The van der Waals surface area contributed by atoms with E-state index in [0.29, 0.717) is 28.8 Å². The van der Waals surface area contributed by atoms with Gasteiger partial charge in [0, 0.05) is 30.1 Å². The van der Waals surface area contributed by atoms with Crippen LogP contribution in [0.15, 0.2) is 53.3 Å². The van der Waals surface area contributed by atoms with E-state index in [1.54, 1.807) is 38.4 Å². The van der Waals surface area contributed by atoms with Crippen LogP contribution in [0, 0.1) is 11.8 Å². The first-order valence-electron chi connectivity index (χ1n) is 16.4. The summed E-state index contributed by atoms with van der Waals surface area (Å²) in [6.45, 7) is 7.32. The van der Waals surface area contributed by atoms with Crippen molar-refractivity contribution in [3.05, 3.63) is 70.0 Å². The number of nitrogens with one attached hydrogen (secondary N) is 1. The van der Waals surface area contributed by atoms with Crippen LogP contribution in [-0.2, 0) is 20.8 Å². The average molecular weight is 661 g/mol. The number of carbonyl (C=O) groups excluding carboxylic acids is 4. The number of Topliss-reactive ketones (excluding diaryl/α,β-unsaturated/α-hetero) is 2. The molecule has 0 bridgehead atoms. The molecule has 7 N–H and O–H groups in total. The lowest BCUT2D eigenvalue weighted by atomic mass is 9.57. The average Bonchev–Trinajstić information content (AvgIpc) is 3.04. The third kappa shape index (κ3) is 5.78. The minimum atomic E-state index is -2.70. The molecule has 0 saturated heterocycles. The summed E-state index contributed by atoms with van der Waals surface area (Å²) in [4.78, 5) is 56.6. The third-order valence-corrected chi connectivity index (χ3v) is 10.0. The number of nitrogens with zero attached hydrogens (tertiary/aromatic N) is 2. The van der Waals surface area contributed by atoms with Crippen molar-refractivity contribution in [2.45, 2.75) is 51.2 Å². The highest BCUT2D eigenvalue weighted by molar-refractivity contribution is 6.24. The van der Waals surface area contributed by atoms with Crippen molar-refractivity contribution in [1.82, 2.24) is 15.1 Å². The Bertz CT molecular complexity index is 1730. The van der Waals surface area contributed by atoms with Gasteiger partial charge in [0.2, 0.25) is 5.78 Å². The molecule has 2 aromatic rings. The van der Waals surface area contributed by atoms with Crippen LogP contribution in [0.25, 0.3) is 16.9 Å². The number of amides is 2. The summed E-state index contributed by atoms with van der Waals surface area (Å²) in [5.74, 6) is -7.29. The number of aliphatic hydroxyl groups is 3. The summed E-state index contributed by atoms with van der Waals surface area (Å²) in [5, 5.41) is 48.4. The Hall–Kier alpha value is -4.52. The Balaban J connectivity index is 1.52. The Morgan fingerprint density at radius 3 is 2.44 bits per heavy atom. The summed E-state index contributed by atoms with van der Waals surface area (Å²) in [5.41, 5.74) is 3.83.